The lowest BCUT2D eigenvalue weighted by atomic mass is 10.1. The average molecular weight is 269 g/mol. The van der Waals surface area contributed by atoms with Crippen LogP contribution in [0, 0.1) is 11.3 Å². The molecule has 0 aliphatic carbocycles. The van der Waals surface area contributed by atoms with Gasteiger partial charge in [-0.3, -0.25) is 9.78 Å². The fraction of sp³-hybridized carbons (Fsp3) is 0.267. The largest absolute Gasteiger partial charge is 0.469 e. The minimum atomic E-state index is -0.270. The van der Waals surface area contributed by atoms with E-state index in [2.05, 4.69) is 15.8 Å². The zero-order valence-corrected chi connectivity index (χ0v) is 11.5. The van der Waals surface area contributed by atoms with Crippen molar-refractivity contribution < 1.29 is 9.53 Å². The van der Waals surface area contributed by atoms with E-state index in [1.807, 2.05) is 36.2 Å². The molecule has 0 aliphatic heterocycles. The van der Waals surface area contributed by atoms with Crippen molar-refractivity contribution in [1.82, 2.24) is 4.98 Å². The normalized spacial score (nSPS) is 10.1. The third-order valence-electron chi connectivity index (χ3n) is 3.13. The number of pyridine rings is 1. The van der Waals surface area contributed by atoms with E-state index in [0.717, 1.165) is 16.6 Å². The van der Waals surface area contributed by atoms with Crippen molar-refractivity contribution in [2.75, 3.05) is 25.6 Å². The molecule has 0 unspecified atom stereocenters. The number of esters is 1. The molecule has 1 heterocycles. The molecule has 0 bridgehead atoms. The Kier molecular flexibility index (Phi) is 4.16. The summed E-state index contributed by atoms with van der Waals surface area (Å²) in [6.45, 7) is 0.482. The van der Waals surface area contributed by atoms with Crippen LogP contribution in [0.3, 0.4) is 0 Å². The molecule has 0 saturated carbocycles. The van der Waals surface area contributed by atoms with Crippen LogP contribution in [-0.2, 0) is 9.53 Å². The van der Waals surface area contributed by atoms with E-state index >= 15 is 0 Å². The van der Waals surface area contributed by atoms with Gasteiger partial charge in [0, 0.05) is 25.2 Å². The molecular formula is C15H15N3O2. The number of hydrogen-bond donors (Lipinski definition) is 0. The van der Waals surface area contributed by atoms with Gasteiger partial charge < -0.3 is 9.64 Å². The van der Waals surface area contributed by atoms with Crippen LogP contribution in [0.5, 0.6) is 0 Å². The first-order valence-corrected chi connectivity index (χ1v) is 6.23. The predicted molar refractivity (Wildman–Crippen MR) is 76.4 cm³/mol. The maximum absolute atomic E-state index is 11.2. The SMILES string of the molecule is COC(=O)CCN(C)c1c(C#N)cnc2ccccc12. The van der Waals surface area contributed by atoms with Crippen molar-refractivity contribution in [2.24, 2.45) is 0 Å². The highest BCUT2D eigenvalue weighted by Gasteiger charge is 2.13. The second-order valence-electron chi connectivity index (χ2n) is 4.40. The molecule has 0 fully saturated rings. The van der Waals surface area contributed by atoms with E-state index in [-0.39, 0.29) is 12.4 Å². The number of carbonyl (C=O) groups excluding carboxylic acids is 1. The molecule has 0 N–H and O–H groups in total. The first kappa shape index (κ1) is 13.8. The van der Waals surface area contributed by atoms with Gasteiger partial charge in [0.15, 0.2) is 0 Å². The van der Waals surface area contributed by atoms with E-state index in [1.54, 1.807) is 6.20 Å². The van der Waals surface area contributed by atoms with E-state index in [9.17, 15) is 10.1 Å². The number of nitriles is 1. The van der Waals surface area contributed by atoms with Gasteiger partial charge in [-0.05, 0) is 6.07 Å². The summed E-state index contributed by atoms with van der Waals surface area (Å²) < 4.78 is 4.64. The number of ether oxygens (including phenoxy) is 1. The summed E-state index contributed by atoms with van der Waals surface area (Å²) >= 11 is 0. The maximum atomic E-state index is 11.2. The number of carbonyl (C=O) groups is 1. The van der Waals surface area contributed by atoms with Crippen LogP contribution >= 0.6 is 0 Å². The van der Waals surface area contributed by atoms with Crippen LogP contribution < -0.4 is 4.90 Å². The predicted octanol–water partition coefficient (Wildman–Crippen LogP) is 2.11. The monoisotopic (exact) mass is 269 g/mol. The van der Waals surface area contributed by atoms with Crippen molar-refractivity contribution in [3.63, 3.8) is 0 Å². The molecule has 1 aromatic carbocycles. The summed E-state index contributed by atoms with van der Waals surface area (Å²) in [7, 11) is 3.22. The van der Waals surface area contributed by atoms with Crippen LogP contribution in [0.1, 0.15) is 12.0 Å². The van der Waals surface area contributed by atoms with Crippen LogP contribution in [0.25, 0.3) is 10.9 Å². The molecule has 0 aliphatic rings. The van der Waals surface area contributed by atoms with Crippen molar-refractivity contribution in [3.05, 3.63) is 36.0 Å². The van der Waals surface area contributed by atoms with Crippen molar-refractivity contribution >= 4 is 22.6 Å². The van der Waals surface area contributed by atoms with E-state index in [1.165, 1.54) is 7.11 Å². The van der Waals surface area contributed by atoms with Gasteiger partial charge >= 0.3 is 5.97 Å². The Morgan fingerprint density at radius 2 is 2.20 bits per heavy atom. The smallest absolute Gasteiger partial charge is 0.307 e. The summed E-state index contributed by atoms with van der Waals surface area (Å²) in [6, 6.07) is 9.78. The summed E-state index contributed by atoms with van der Waals surface area (Å²) in [5, 5.41) is 10.1. The number of nitrogens with zero attached hydrogens (tertiary/aromatic N) is 3. The topological polar surface area (TPSA) is 66.2 Å². The molecule has 5 nitrogen and oxygen atoms in total. The molecule has 0 atom stereocenters. The summed E-state index contributed by atoms with van der Waals surface area (Å²) in [5.74, 6) is -0.270. The van der Waals surface area contributed by atoms with Gasteiger partial charge in [-0.25, -0.2) is 0 Å². The fourth-order valence-electron chi connectivity index (χ4n) is 2.09. The molecular weight excluding hydrogens is 254 g/mol. The van der Waals surface area contributed by atoms with Gasteiger partial charge in [-0.1, -0.05) is 18.2 Å². The minimum Gasteiger partial charge on any atom is -0.469 e. The molecule has 0 spiro atoms. The summed E-state index contributed by atoms with van der Waals surface area (Å²) in [6.07, 6.45) is 1.83. The van der Waals surface area contributed by atoms with Gasteiger partial charge in [0.05, 0.1) is 30.3 Å². The van der Waals surface area contributed by atoms with E-state index < -0.39 is 0 Å². The van der Waals surface area contributed by atoms with E-state index in [0.29, 0.717) is 12.1 Å². The number of benzene rings is 1. The molecule has 0 radical (unpaired) electrons. The number of para-hydroxylation sites is 1. The molecule has 1 aromatic heterocycles. The van der Waals surface area contributed by atoms with E-state index in [4.69, 9.17) is 0 Å². The average Bonchev–Trinajstić information content (AvgIpc) is 2.50. The molecule has 2 aromatic rings. The lowest BCUT2D eigenvalue weighted by Gasteiger charge is -2.21. The van der Waals surface area contributed by atoms with Gasteiger partial charge in [0.25, 0.3) is 0 Å². The van der Waals surface area contributed by atoms with Crippen molar-refractivity contribution in [3.8, 4) is 6.07 Å². The number of methoxy groups -OCH3 is 1. The highest BCUT2D eigenvalue weighted by Crippen LogP contribution is 2.28. The van der Waals surface area contributed by atoms with Crippen LogP contribution in [0.4, 0.5) is 5.69 Å². The first-order chi connectivity index (χ1) is 9.67. The fourth-order valence-corrected chi connectivity index (χ4v) is 2.09. The summed E-state index contributed by atoms with van der Waals surface area (Å²) in [5.41, 5.74) is 2.12. The van der Waals surface area contributed by atoms with Crippen molar-refractivity contribution in [1.29, 1.82) is 5.26 Å². The summed E-state index contributed by atoms with van der Waals surface area (Å²) in [4.78, 5) is 17.4. The number of aromatic nitrogens is 1. The number of rotatable bonds is 4. The Morgan fingerprint density at radius 1 is 1.45 bits per heavy atom. The number of fused-ring (bicyclic) bond motifs is 1. The lowest BCUT2D eigenvalue weighted by Crippen LogP contribution is -2.22. The van der Waals surface area contributed by atoms with Crippen LogP contribution in [-0.4, -0.2) is 31.7 Å². The third-order valence-corrected chi connectivity index (χ3v) is 3.13. The van der Waals surface area contributed by atoms with Crippen LogP contribution in [0.15, 0.2) is 30.5 Å². The highest BCUT2D eigenvalue weighted by atomic mass is 16.5. The zero-order chi connectivity index (χ0) is 14.5. The van der Waals surface area contributed by atoms with Gasteiger partial charge in [-0.2, -0.15) is 5.26 Å². The zero-order valence-electron chi connectivity index (χ0n) is 11.5. The standard InChI is InChI=1S/C15H15N3O2/c1-18(8-7-14(19)20-2)15-11(9-16)10-17-13-6-4-3-5-12(13)15/h3-6,10H,7-8H2,1-2H3. The maximum Gasteiger partial charge on any atom is 0.307 e. The van der Waals surface area contributed by atoms with Gasteiger partial charge in [0.2, 0.25) is 0 Å². The van der Waals surface area contributed by atoms with Crippen LogP contribution in [0.2, 0.25) is 0 Å². The highest BCUT2D eigenvalue weighted by molar-refractivity contribution is 5.94. The first-order valence-electron chi connectivity index (χ1n) is 6.23. The molecule has 0 amide bonds. The third kappa shape index (κ3) is 2.69. The quantitative estimate of drug-likeness (QED) is 0.795. The minimum absolute atomic E-state index is 0.270. The Balaban J connectivity index is 2.41. The Hall–Kier alpha value is -2.61. The molecule has 2 rings (SSSR count). The Morgan fingerprint density at radius 3 is 2.90 bits per heavy atom. The molecule has 0 saturated heterocycles. The van der Waals surface area contributed by atoms with Crippen molar-refractivity contribution in [2.45, 2.75) is 6.42 Å². The van der Waals surface area contributed by atoms with Gasteiger partial charge in [0.1, 0.15) is 6.07 Å². The number of hydrogen-bond acceptors (Lipinski definition) is 5. The van der Waals surface area contributed by atoms with Gasteiger partial charge in [-0.15, -0.1) is 0 Å². The second-order valence-corrected chi connectivity index (χ2v) is 4.40. The second kappa shape index (κ2) is 6.02. The molecule has 102 valence electrons. The Bertz CT molecular complexity index is 676. The Labute approximate surface area is 117 Å². The number of anilines is 1. The molecule has 20 heavy (non-hydrogen) atoms. The molecule has 5 heteroatoms. The lowest BCUT2D eigenvalue weighted by molar-refractivity contribution is -0.140.